The van der Waals surface area contributed by atoms with Crippen LogP contribution in [0, 0.1) is 0 Å². The molecule has 0 aliphatic heterocycles. The van der Waals surface area contributed by atoms with E-state index < -0.39 is 0 Å². The summed E-state index contributed by atoms with van der Waals surface area (Å²) >= 11 is 0. The van der Waals surface area contributed by atoms with Crippen molar-refractivity contribution in [3.63, 3.8) is 0 Å². The van der Waals surface area contributed by atoms with Gasteiger partial charge in [-0.1, -0.05) is 19.4 Å². The third-order valence-electron chi connectivity index (χ3n) is 4.84. The standard InChI is InChI=1S/C23H29N7O/c1-6-7-13-30-22(16-15-24-29-14-9-11-18(31-5)20(16)29)26-21(28-30)17-10-8-12-19(25-17)27-23(2,3)4/h8-12,14-15H,6-7,13H2,1-5H3,(H,25,27). The summed E-state index contributed by atoms with van der Waals surface area (Å²) in [6.07, 6.45) is 5.79. The van der Waals surface area contributed by atoms with Gasteiger partial charge in [-0.05, 0) is 51.5 Å². The minimum atomic E-state index is -0.0850. The third kappa shape index (κ3) is 4.38. The molecule has 8 nitrogen and oxygen atoms in total. The third-order valence-corrected chi connectivity index (χ3v) is 4.84. The van der Waals surface area contributed by atoms with E-state index in [1.165, 1.54) is 0 Å². The van der Waals surface area contributed by atoms with Gasteiger partial charge in [0.2, 0.25) is 0 Å². The molecule has 31 heavy (non-hydrogen) atoms. The Balaban J connectivity index is 1.81. The lowest BCUT2D eigenvalue weighted by Gasteiger charge is -2.21. The number of rotatable bonds is 7. The first-order valence-corrected chi connectivity index (χ1v) is 10.6. The van der Waals surface area contributed by atoms with Crippen LogP contribution in [0.2, 0.25) is 0 Å². The number of hydrogen-bond donors (Lipinski definition) is 1. The number of nitrogens with one attached hydrogen (secondary N) is 1. The average Bonchev–Trinajstić information content (AvgIpc) is 3.35. The van der Waals surface area contributed by atoms with Gasteiger partial charge in [0.25, 0.3) is 0 Å². The van der Waals surface area contributed by atoms with Gasteiger partial charge in [-0.2, -0.15) is 5.10 Å². The quantitative estimate of drug-likeness (QED) is 0.469. The number of aryl methyl sites for hydroxylation is 1. The Morgan fingerprint density at radius 3 is 2.68 bits per heavy atom. The number of aromatic nitrogens is 6. The highest BCUT2D eigenvalue weighted by Gasteiger charge is 2.20. The molecule has 0 fully saturated rings. The average molecular weight is 420 g/mol. The molecule has 0 radical (unpaired) electrons. The molecule has 0 saturated carbocycles. The lowest BCUT2D eigenvalue weighted by atomic mass is 10.1. The van der Waals surface area contributed by atoms with Crippen molar-refractivity contribution in [3.05, 3.63) is 42.7 Å². The van der Waals surface area contributed by atoms with Crippen LogP contribution in [0.1, 0.15) is 40.5 Å². The molecule has 1 N–H and O–H groups in total. The normalized spacial score (nSPS) is 11.8. The minimum absolute atomic E-state index is 0.0850. The summed E-state index contributed by atoms with van der Waals surface area (Å²) < 4.78 is 9.34. The largest absolute Gasteiger partial charge is 0.494 e. The Kier molecular flexibility index (Phi) is 5.63. The minimum Gasteiger partial charge on any atom is -0.494 e. The fourth-order valence-electron chi connectivity index (χ4n) is 3.47. The van der Waals surface area contributed by atoms with Crippen molar-refractivity contribution >= 4 is 11.3 Å². The van der Waals surface area contributed by atoms with E-state index in [1.54, 1.807) is 11.6 Å². The van der Waals surface area contributed by atoms with Crippen LogP contribution in [0.25, 0.3) is 28.4 Å². The fourth-order valence-corrected chi connectivity index (χ4v) is 3.47. The highest BCUT2D eigenvalue weighted by Crippen LogP contribution is 2.31. The fraction of sp³-hybridized carbons (Fsp3) is 0.391. The molecule has 4 aromatic rings. The first-order chi connectivity index (χ1) is 14.9. The smallest absolute Gasteiger partial charge is 0.200 e. The predicted molar refractivity (Wildman–Crippen MR) is 122 cm³/mol. The number of hydrogen-bond acceptors (Lipinski definition) is 6. The molecule has 0 aliphatic rings. The number of unbranched alkanes of at least 4 members (excludes halogenated alkanes) is 1. The zero-order valence-corrected chi connectivity index (χ0v) is 18.8. The number of nitrogens with zero attached hydrogens (tertiary/aromatic N) is 6. The molecule has 0 bridgehead atoms. The number of ether oxygens (including phenoxy) is 1. The monoisotopic (exact) mass is 419 g/mol. The molecule has 0 aliphatic carbocycles. The summed E-state index contributed by atoms with van der Waals surface area (Å²) in [7, 11) is 1.66. The van der Waals surface area contributed by atoms with Gasteiger partial charge >= 0.3 is 0 Å². The Hall–Kier alpha value is -3.42. The van der Waals surface area contributed by atoms with Gasteiger partial charge in [0.05, 0.1) is 18.9 Å². The molecule has 162 valence electrons. The maximum Gasteiger partial charge on any atom is 0.200 e. The molecular formula is C23H29N7O. The van der Waals surface area contributed by atoms with Crippen LogP contribution < -0.4 is 10.1 Å². The number of fused-ring (bicyclic) bond motifs is 1. The van der Waals surface area contributed by atoms with Gasteiger partial charge in [-0.3, -0.25) is 0 Å². The van der Waals surface area contributed by atoms with Crippen molar-refractivity contribution in [1.82, 2.24) is 29.4 Å². The maximum absolute atomic E-state index is 5.58. The SMILES string of the molecule is CCCCn1nc(-c2cccc(NC(C)(C)C)n2)nc1-c1cnn2cccc(OC)c12. The van der Waals surface area contributed by atoms with Crippen molar-refractivity contribution in [3.8, 4) is 28.7 Å². The summed E-state index contributed by atoms with van der Waals surface area (Å²) in [4.78, 5) is 9.64. The van der Waals surface area contributed by atoms with E-state index in [2.05, 4.69) is 38.1 Å². The topological polar surface area (TPSA) is 82.2 Å². The summed E-state index contributed by atoms with van der Waals surface area (Å²) in [6.45, 7) is 9.26. The molecule has 0 unspecified atom stereocenters. The molecule has 0 saturated heterocycles. The molecular weight excluding hydrogens is 390 g/mol. The molecule has 0 amide bonds. The van der Waals surface area contributed by atoms with Crippen LogP contribution in [-0.4, -0.2) is 42.0 Å². The lowest BCUT2D eigenvalue weighted by molar-refractivity contribution is 0.417. The van der Waals surface area contributed by atoms with Crippen molar-refractivity contribution in [2.75, 3.05) is 12.4 Å². The van der Waals surface area contributed by atoms with Crippen LogP contribution in [0.3, 0.4) is 0 Å². The Bertz CT molecular complexity index is 1190. The van der Waals surface area contributed by atoms with Crippen LogP contribution in [-0.2, 0) is 6.54 Å². The van der Waals surface area contributed by atoms with E-state index in [4.69, 9.17) is 19.8 Å². The van der Waals surface area contributed by atoms with E-state index in [0.29, 0.717) is 5.82 Å². The van der Waals surface area contributed by atoms with Crippen LogP contribution in [0.15, 0.2) is 42.7 Å². The van der Waals surface area contributed by atoms with Gasteiger partial charge < -0.3 is 10.1 Å². The van der Waals surface area contributed by atoms with Gasteiger partial charge in [0.15, 0.2) is 11.6 Å². The highest BCUT2D eigenvalue weighted by molar-refractivity contribution is 5.82. The predicted octanol–water partition coefficient (Wildman–Crippen LogP) is 4.67. The second kappa shape index (κ2) is 8.37. The lowest BCUT2D eigenvalue weighted by Crippen LogP contribution is -2.26. The summed E-state index contributed by atoms with van der Waals surface area (Å²) in [5.74, 6) is 2.90. The van der Waals surface area contributed by atoms with Crippen LogP contribution in [0.4, 0.5) is 5.82 Å². The van der Waals surface area contributed by atoms with Crippen molar-refractivity contribution in [2.24, 2.45) is 0 Å². The van der Waals surface area contributed by atoms with E-state index in [1.807, 2.05) is 47.4 Å². The Morgan fingerprint density at radius 2 is 1.94 bits per heavy atom. The Morgan fingerprint density at radius 1 is 1.10 bits per heavy atom. The Labute approximate surface area is 182 Å². The van der Waals surface area contributed by atoms with E-state index in [9.17, 15) is 0 Å². The number of methoxy groups -OCH3 is 1. The number of anilines is 1. The van der Waals surface area contributed by atoms with Crippen molar-refractivity contribution in [1.29, 1.82) is 0 Å². The second-order valence-corrected chi connectivity index (χ2v) is 8.55. The molecule has 0 aromatic carbocycles. The van der Waals surface area contributed by atoms with Crippen molar-refractivity contribution in [2.45, 2.75) is 52.6 Å². The second-order valence-electron chi connectivity index (χ2n) is 8.55. The van der Waals surface area contributed by atoms with Crippen LogP contribution >= 0.6 is 0 Å². The summed E-state index contributed by atoms with van der Waals surface area (Å²) in [6, 6.07) is 9.71. The van der Waals surface area contributed by atoms with E-state index in [-0.39, 0.29) is 5.54 Å². The summed E-state index contributed by atoms with van der Waals surface area (Å²) in [5.41, 5.74) is 2.40. The zero-order valence-electron chi connectivity index (χ0n) is 18.8. The molecule has 0 spiro atoms. The highest BCUT2D eigenvalue weighted by atomic mass is 16.5. The van der Waals surface area contributed by atoms with E-state index >= 15 is 0 Å². The van der Waals surface area contributed by atoms with Crippen LogP contribution in [0.5, 0.6) is 5.75 Å². The van der Waals surface area contributed by atoms with Gasteiger partial charge in [0, 0.05) is 18.3 Å². The van der Waals surface area contributed by atoms with Crippen molar-refractivity contribution < 1.29 is 4.74 Å². The first-order valence-electron chi connectivity index (χ1n) is 10.6. The number of pyridine rings is 2. The molecule has 0 atom stereocenters. The van der Waals surface area contributed by atoms with E-state index in [0.717, 1.165) is 53.6 Å². The molecule has 8 heteroatoms. The maximum atomic E-state index is 5.58. The van der Waals surface area contributed by atoms with Gasteiger partial charge in [0.1, 0.15) is 22.8 Å². The summed E-state index contributed by atoms with van der Waals surface area (Å²) in [5, 5.41) is 12.7. The zero-order chi connectivity index (χ0) is 22.0. The first kappa shape index (κ1) is 20.8. The molecule has 4 rings (SSSR count). The molecule has 4 aromatic heterocycles. The van der Waals surface area contributed by atoms with Gasteiger partial charge in [-0.15, -0.1) is 5.10 Å². The molecule has 4 heterocycles. The van der Waals surface area contributed by atoms with Gasteiger partial charge in [-0.25, -0.2) is 19.2 Å².